The van der Waals surface area contributed by atoms with Crippen molar-refractivity contribution in [3.05, 3.63) is 29.8 Å². The second-order valence-electron chi connectivity index (χ2n) is 6.40. The smallest absolute Gasteiger partial charge is 0.119 e. The molecule has 21 heavy (non-hydrogen) atoms. The van der Waals surface area contributed by atoms with Gasteiger partial charge in [-0.1, -0.05) is 12.1 Å². The van der Waals surface area contributed by atoms with Crippen molar-refractivity contribution in [3.8, 4) is 5.75 Å². The van der Waals surface area contributed by atoms with Gasteiger partial charge in [0.15, 0.2) is 0 Å². The largest absolute Gasteiger partial charge is 0.494 e. The van der Waals surface area contributed by atoms with E-state index in [1.165, 1.54) is 0 Å². The standard InChI is InChI=1S/C17H27NO3/c1-5-20-15-8-6-14(7-9-15)16(19)11-18-10-13(2)21-17(3,4)12-18/h6-9,13,16,19H,5,10-12H2,1-4H3. The minimum absolute atomic E-state index is 0.157. The summed E-state index contributed by atoms with van der Waals surface area (Å²) in [6.07, 6.45) is -0.289. The minimum Gasteiger partial charge on any atom is -0.494 e. The molecule has 1 heterocycles. The molecule has 1 N–H and O–H groups in total. The third-order valence-corrected chi connectivity index (χ3v) is 3.65. The minimum atomic E-state index is -0.484. The van der Waals surface area contributed by atoms with Gasteiger partial charge in [-0.25, -0.2) is 0 Å². The molecule has 4 nitrogen and oxygen atoms in total. The van der Waals surface area contributed by atoms with Crippen LogP contribution >= 0.6 is 0 Å². The van der Waals surface area contributed by atoms with Crippen molar-refractivity contribution in [2.24, 2.45) is 0 Å². The zero-order valence-electron chi connectivity index (χ0n) is 13.5. The van der Waals surface area contributed by atoms with Crippen LogP contribution in [0.3, 0.4) is 0 Å². The fraction of sp³-hybridized carbons (Fsp3) is 0.647. The number of aliphatic hydroxyl groups excluding tert-OH is 1. The molecule has 1 aliphatic heterocycles. The van der Waals surface area contributed by atoms with Gasteiger partial charge in [-0.15, -0.1) is 0 Å². The topological polar surface area (TPSA) is 41.9 Å². The van der Waals surface area contributed by atoms with E-state index in [1.54, 1.807) is 0 Å². The molecule has 0 amide bonds. The Bertz CT molecular complexity index is 444. The molecule has 1 fully saturated rings. The van der Waals surface area contributed by atoms with Gasteiger partial charge in [-0.2, -0.15) is 0 Å². The Morgan fingerprint density at radius 1 is 1.38 bits per heavy atom. The average molecular weight is 293 g/mol. The molecule has 2 atom stereocenters. The highest BCUT2D eigenvalue weighted by Crippen LogP contribution is 2.24. The van der Waals surface area contributed by atoms with Crippen LogP contribution in [0.4, 0.5) is 0 Å². The van der Waals surface area contributed by atoms with Crippen molar-refractivity contribution in [2.75, 3.05) is 26.2 Å². The first kappa shape index (κ1) is 16.3. The summed E-state index contributed by atoms with van der Waals surface area (Å²) in [6, 6.07) is 7.69. The number of aliphatic hydroxyl groups is 1. The van der Waals surface area contributed by atoms with Crippen LogP contribution < -0.4 is 4.74 Å². The maximum absolute atomic E-state index is 10.4. The van der Waals surface area contributed by atoms with E-state index in [1.807, 2.05) is 31.2 Å². The summed E-state index contributed by atoms with van der Waals surface area (Å²) in [5.74, 6) is 0.842. The number of nitrogens with zero attached hydrogens (tertiary/aromatic N) is 1. The van der Waals surface area contributed by atoms with E-state index in [0.29, 0.717) is 13.2 Å². The van der Waals surface area contributed by atoms with Gasteiger partial charge in [0.2, 0.25) is 0 Å². The predicted octanol–water partition coefficient (Wildman–Crippen LogP) is 2.62. The van der Waals surface area contributed by atoms with Crippen molar-refractivity contribution < 1.29 is 14.6 Å². The van der Waals surface area contributed by atoms with Crippen LogP contribution in [0, 0.1) is 0 Å². The Balaban J connectivity index is 1.95. The third-order valence-electron chi connectivity index (χ3n) is 3.65. The maximum atomic E-state index is 10.4. The fourth-order valence-electron chi connectivity index (χ4n) is 3.03. The van der Waals surface area contributed by atoms with E-state index >= 15 is 0 Å². The molecule has 0 radical (unpaired) electrons. The molecule has 1 aliphatic rings. The van der Waals surface area contributed by atoms with Crippen LogP contribution in [0.5, 0.6) is 5.75 Å². The summed E-state index contributed by atoms with van der Waals surface area (Å²) in [4.78, 5) is 2.27. The fourth-order valence-corrected chi connectivity index (χ4v) is 3.03. The van der Waals surface area contributed by atoms with Gasteiger partial charge in [0, 0.05) is 19.6 Å². The summed E-state index contributed by atoms with van der Waals surface area (Å²) in [7, 11) is 0. The normalized spacial score (nSPS) is 23.8. The number of morpholine rings is 1. The molecule has 2 rings (SSSR count). The Morgan fingerprint density at radius 2 is 2.05 bits per heavy atom. The molecular weight excluding hydrogens is 266 g/mol. The van der Waals surface area contributed by atoms with E-state index in [2.05, 4.69) is 25.7 Å². The van der Waals surface area contributed by atoms with Crippen LogP contribution in [0.15, 0.2) is 24.3 Å². The molecule has 0 saturated carbocycles. The molecule has 1 saturated heterocycles. The lowest BCUT2D eigenvalue weighted by molar-refractivity contribution is -0.133. The highest BCUT2D eigenvalue weighted by Gasteiger charge is 2.32. The second-order valence-corrected chi connectivity index (χ2v) is 6.40. The highest BCUT2D eigenvalue weighted by atomic mass is 16.5. The van der Waals surface area contributed by atoms with Crippen LogP contribution in [0.25, 0.3) is 0 Å². The Labute approximate surface area is 127 Å². The van der Waals surface area contributed by atoms with Gasteiger partial charge in [0.1, 0.15) is 5.75 Å². The number of β-amino-alcohol motifs (C(OH)–C–C–N with tert-alkyl or cyclic N) is 1. The van der Waals surface area contributed by atoms with Crippen molar-refractivity contribution in [3.63, 3.8) is 0 Å². The Morgan fingerprint density at radius 3 is 2.62 bits per heavy atom. The summed E-state index contributed by atoms with van der Waals surface area (Å²) in [6.45, 7) is 11.2. The quantitative estimate of drug-likeness (QED) is 0.906. The first-order valence-electron chi connectivity index (χ1n) is 7.70. The van der Waals surface area contributed by atoms with Gasteiger partial charge in [0.25, 0.3) is 0 Å². The summed E-state index contributed by atoms with van der Waals surface area (Å²) in [5.41, 5.74) is 0.770. The average Bonchev–Trinajstić information content (AvgIpc) is 2.37. The first-order chi connectivity index (χ1) is 9.89. The van der Waals surface area contributed by atoms with Gasteiger partial charge >= 0.3 is 0 Å². The van der Waals surface area contributed by atoms with Crippen LogP contribution in [0.2, 0.25) is 0 Å². The number of hydrogen-bond donors (Lipinski definition) is 1. The third kappa shape index (κ3) is 4.70. The molecule has 2 unspecified atom stereocenters. The highest BCUT2D eigenvalue weighted by molar-refractivity contribution is 5.28. The lowest BCUT2D eigenvalue weighted by atomic mass is 10.0. The Hall–Kier alpha value is -1.10. The molecule has 1 aromatic rings. The van der Waals surface area contributed by atoms with Crippen molar-refractivity contribution in [1.29, 1.82) is 0 Å². The van der Waals surface area contributed by atoms with Crippen LogP contribution in [-0.2, 0) is 4.74 Å². The van der Waals surface area contributed by atoms with E-state index in [9.17, 15) is 5.11 Å². The van der Waals surface area contributed by atoms with Crippen molar-refractivity contribution in [1.82, 2.24) is 4.90 Å². The SMILES string of the molecule is CCOc1ccc(C(O)CN2CC(C)OC(C)(C)C2)cc1. The van der Waals surface area contributed by atoms with Gasteiger partial charge in [0.05, 0.1) is 24.4 Å². The van der Waals surface area contributed by atoms with E-state index < -0.39 is 6.10 Å². The maximum Gasteiger partial charge on any atom is 0.119 e. The van der Waals surface area contributed by atoms with Crippen LogP contribution in [-0.4, -0.2) is 48.0 Å². The predicted molar refractivity (Wildman–Crippen MR) is 83.6 cm³/mol. The summed E-state index contributed by atoms with van der Waals surface area (Å²) >= 11 is 0. The molecule has 0 spiro atoms. The molecule has 0 aliphatic carbocycles. The second kappa shape index (κ2) is 6.77. The molecule has 0 bridgehead atoms. The van der Waals surface area contributed by atoms with Gasteiger partial charge < -0.3 is 14.6 Å². The Kier molecular flexibility index (Phi) is 5.25. The first-order valence-corrected chi connectivity index (χ1v) is 7.70. The van der Waals surface area contributed by atoms with E-state index in [4.69, 9.17) is 9.47 Å². The molecular formula is C17H27NO3. The monoisotopic (exact) mass is 293 g/mol. The molecule has 4 heteroatoms. The zero-order chi connectivity index (χ0) is 15.5. The number of hydrogen-bond acceptors (Lipinski definition) is 4. The molecule has 1 aromatic carbocycles. The molecule has 0 aromatic heterocycles. The van der Waals surface area contributed by atoms with Gasteiger partial charge in [-0.3, -0.25) is 4.90 Å². The molecule has 118 valence electrons. The van der Waals surface area contributed by atoms with Crippen LogP contribution in [0.1, 0.15) is 39.4 Å². The van der Waals surface area contributed by atoms with Crippen molar-refractivity contribution >= 4 is 0 Å². The zero-order valence-corrected chi connectivity index (χ0v) is 13.5. The lowest BCUT2D eigenvalue weighted by Crippen LogP contribution is -2.52. The van der Waals surface area contributed by atoms with Crippen molar-refractivity contribution in [2.45, 2.75) is 45.5 Å². The van der Waals surface area contributed by atoms with Gasteiger partial charge in [-0.05, 0) is 45.4 Å². The summed E-state index contributed by atoms with van der Waals surface area (Å²) in [5, 5.41) is 10.4. The number of rotatable bonds is 5. The van der Waals surface area contributed by atoms with E-state index in [-0.39, 0.29) is 11.7 Å². The number of ether oxygens (including phenoxy) is 2. The van der Waals surface area contributed by atoms with E-state index in [0.717, 1.165) is 24.4 Å². The lowest BCUT2D eigenvalue weighted by Gasteiger charge is -2.42. The number of benzene rings is 1. The summed E-state index contributed by atoms with van der Waals surface area (Å²) < 4.78 is 11.3.